The Morgan fingerprint density at radius 1 is 1.38 bits per heavy atom. The molecule has 1 aliphatic rings. The van der Waals surface area contributed by atoms with Crippen molar-refractivity contribution in [2.45, 2.75) is 16.3 Å². The second-order valence-electron chi connectivity index (χ2n) is 5.77. The number of amides is 1. The molecule has 1 saturated heterocycles. The fourth-order valence-corrected chi connectivity index (χ4v) is 3.61. The van der Waals surface area contributed by atoms with Gasteiger partial charge in [-0.2, -0.15) is 24.9 Å². The average Bonchev–Trinajstić information content (AvgIpc) is 2.57. The topological polar surface area (TPSA) is 63.7 Å². The van der Waals surface area contributed by atoms with E-state index >= 15 is 0 Å². The molecular formula is C16H18F3NO4S2. The number of rotatable bonds is 4. The maximum Gasteiger partial charge on any atom is 0.417 e. The van der Waals surface area contributed by atoms with Gasteiger partial charge in [0.05, 0.1) is 17.1 Å². The maximum absolute atomic E-state index is 13.5. The van der Waals surface area contributed by atoms with Crippen LogP contribution in [0.1, 0.15) is 5.56 Å². The Hall–Kier alpha value is -1.52. The molecule has 5 nitrogen and oxygen atoms in total. The summed E-state index contributed by atoms with van der Waals surface area (Å²) in [5.41, 5.74) is -1.58. The van der Waals surface area contributed by atoms with E-state index in [-0.39, 0.29) is 29.0 Å². The van der Waals surface area contributed by atoms with Gasteiger partial charge in [0, 0.05) is 24.1 Å². The highest BCUT2D eigenvalue weighted by atomic mass is 32.2. The van der Waals surface area contributed by atoms with Gasteiger partial charge in [0.15, 0.2) is 9.84 Å². The Labute approximate surface area is 154 Å². The smallest absolute Gasteiger partial charge is 0.360 e. The van der Waals surface area contributed by atoms with E-state index in [2.05, 4.69) is 0 Å². The summed E-state index contributed by atoms with van der Waals surface area (Å²) in [6.45, 7) is 0.628. The number of halogens is 3. The predicted octanol–water partition coefficient (Wildman–Crippen LogP) is 2.58. The summed E-state index contributed by atoms with van der Waals surface area (Å²) in [4.78, 5) is 13.3. The van der Waals surface area contributed by atoms with Crippen molar-refractivity contribution >= 4 is 33.1 Å². The van der Waals surface area contributed by atoms with Crippen LogP contribution in [0.4, 0.5) is 13.2 Å². The van der Waals surface area contributed by atoms with Gasteiger partial charge in [-0.1, -0.05) is 12.1 Å². The van der Waals surface area contributed by atoms with Gasteiger partial charge in [0.1, 0.15) is 6.73 Å². The molecule has 1 atom stereocenters. The van der Waals surface area contributed by atoms with Crippen molar-refractivity contribution in [3.05, 3.63) is 35.9 Å². The highest BCUT2D eigenvalue weighted by Gasteiger charge is 2.36. The highest BCUT2D eigenvalue weighted by Crippen LogP contribution is 2.35. The Morgan fingerprint density at radius 2 is 2.08 bits per heavy atom. The minimum atomic E-state index is -4.82. The van der Waals surface area contributed by atoms with Crippen molar-refractivity contribution in [3.63, 3.8) is 0 Å². The van der Waals surface area contributed by atoms with Gasteiger partial charge in [0.2, 0.25) is 5.91 Å². The molecule has 0 saturated carbocycles. The maximum atomic E-state index is 13.5. The van der Waals surface area contributed by atoms with E-state index in [0.717, 1.165) is 18.4 Å². The number of sulfone groups is 1. The van der Waals surface area contributed by atoms with Crippen LogP contribution >= 0.6 is 11.8 Å². The third-order valence-electron chi connectivity index (χ3n) is 3.77. The van der Waals surface area contributed by atoms with E-state index in [0.29, 0.717) is 12.7 Å². The lowest BCUT2D eigenvalue weighted by Gasteiger charge is -2.31. The van der Waals surface area contributed by atoms with Gasteiger partial charge in [-0.3, -0.25) is 4.79 Å². The fourth-order valence-electron chi connectivity index (χ4n) is 2.38. The van der Waals surface area contributed by atoms with E-state index in [1.807, 2.05) is 6.26 Å². The van der Waals surface area contributed by atoms with Crippen LogP contribution in [-0.4, -0.2) is 63.0 Å². The predicted molar refractivity (Wildman–Crippen MR) is 93.4 cm³/mol. The van der Waals surface area contributed by atoms with E-state index in [4.69, 9.17) is 4.74 Å². The lowest BCUT2D eigenvalue weighted by atomic mass is 10.0. The summed E-state index contributed by atoms with van der Waals surface area (Å²) in [6.07, 6.45) is -1.59. The van der Waals surface area contributed by atoms with Crippen LogP contribution in [0.25, 0.3) is 5.57 Å². The van der Waals surface area contributed by atoms with Crippen LogP contribution < -0.4 is 0 Å². The Bertz CT molecular complexity index is 806. The first-order valence-electron chi connectivity index (χ1n) is 7.51. The van der Waals surface area contributed by atoms with Crippen LogP contribution in [0, 0.1) is 0 Å². The number of hydrogen-bond donors (Lipinski definition) is 0. The summed E-state index contributed by atoms with van der Waals surface area (Å²) < 4.78 is 68.9. The van der Waals surface area contributed by atoms with Crippen LogP contribution in [0.5, 0.6) is 0 Å². The molecule has 0 N–H and O–H groups in total. The zero-order valence-electron chi connectivity index (χ0n) is 14.1. The quantitative estimate of drug-likeness (QED) is 0.716. The average molecular weight is 409 g/mol. The Morgan fingerprint density at radius 3 is 2.65 bits per heavy atom. The van der Waals surface area contributed by atoms with Crippen LogP contribution in [0.2, 0.25) is 0 Å². The van der Waals surface area contributed by atoms with Gasteiger partial charge in [-0.25, -0.2) is 8.42 Å². The largest absolute Gasteiger partial charge is 0.417 e. The van der Waals surface area contributed by atoms with Crippen LogP contribution in [0.3, 0.4) is 0 Å². The first kappa shape index (κ1) is 20.8. The number of thioether (sulfide) groups is 1. The van der Waals surface area contributed by atoms with Gasteiger partial charge >= 0.3 is 6.18 Å². The number of carbonyl (C=O) groups is 1. The molecule has 2 rings (SSSR count). The normalized spacial score (nSPS) is 19.5. The summed E-state index contributed by atoms with van der Waals surface area (Å²) in [5.74, 6) is -0.833. The number of nitrogens with zero attached hydrogens (tertiary/aromatic N) is 1. The monoisotopic (exact) mass is 409 g/mol. The van der Waals surface area contributed by atoms with Crippen LogP contribution in [0.15, 0.2) is 35.2 Å². The highest BCUT2D eigenvalue weighted by molar-refractivity contribution is 7.99. The van der Waals surface area contributed by atoms with Gasteiger partial charge in [0.25, 0.3) is 0 Å². The second kappa shape index (κ2) is 8.01. The molecule has 0 aliphatic carbocycles. The third-order valence-corrected chi connectivity index (χ3v) is 5.83. The summed E-state index contributed by atoms with van der Waals surface area (Å²) in [5, 5.41) is -0.0102. The lowest BCUT2D eigenvalue weighted by Crippen LogP contribution is -2.44. The van der Waals surface area contributed by atoms with E-state index < -0.39 is 27.5 Å². The van der Waals surface area contributed by atoms with Crippen molar-refractivity contribution in [3.8, 4) is 0 Å². The minimum Gasteiger partial charge on any atom is -0.360 e. The molecule has 1 fully saturated rings. The van der Waals surface area contributed by atoms with Crippen LogP contribution in [-0.2, 0) is 19.4 Å². The molecule has 26 heavy (non-hydrogen) atoms. The van der Waals surface area contributed by atoms with Crippen molar-refractivity contribution in [2.24, 2.45) is 0 Å². The molecule has 1 amide bonds. The molecule has 1 heterocycles. The Kier molecular flexibility index (Phi) is 6.41. The molecule has 1 aromatic carbocycles. The number of carbonyl (C=O) groups excluding carboxylic acids is 1. The zero-order valence-corrected chi connectivity index (χ0v) is 15.7. The molecule has 0 bridgehead atoms. The zero-order chi connectivity index (χ0) is 19.5. The molecule has 0 spiro atoms. The Balaban J connectivity index is 2.39. The van der Waals surface area contributed by atoms with E-state index in [1.54, 1.807) is 0 Å². The van der Waals surface area contributed by atoms with E-state index in [1.165, 1.54) is 28.8 Å². The van der Waals surface area contributed by atoms with E-state index in [9.17, 15) is 26.4 Å². The molecule has 0 aromatic heterocycles. The molecule has 1 unspecified atom stereocenters. The minimum absolute atomic E-state index is 0.0102. The number of benzene rings is 1. The van der Waals surface area contributed by atoms with Crippen molar-refractivity contribution in [2.75, 3.05) is 32.4 Å². The molecule has 10 heteroatoms. The van der Waals surface area contributed by atoms with Gasteiger partial charge in [-0.05, 0) is 24.0 Å². The van der Waals surface area contributed by atoms with Crippen molar-refractivity contribution in [1.29, 1.82) is 0 Å². The molecule has 1 aliphatic heterocycles. The summed E-state index contributed by atoms with van der Waals surface area (Å²) in [6, 6.07) is 4.46. The number of alkyl halides is 3. The lowest BCUT2D eigenvalue weighted by molar-refractivity contribution is -0.135. The first-order chi connectivity index (χ1) is 12.0. The third kappa shape index (κ3) is 5.24. The van der Waals surface area contributed by atoms with Crippen molar-refractivity contribution in [1.82, 2.24) is 4.90 Å². The summed E-state index contributed by atoms with van der Waals surface area (Å²) in [7, 11) is -3.68. The molecule has 144 valence electrons. The summed E-state index contributed by atoms with van der Waals surface area (Å²) >= 11 is 1.46. The van der Waals surface area contributed by atoms with Crippen molar-refractivity contribution < 1.29 is 31.1 Å². The molecule has 0 radical (unpaired) electrons. The first-order valence-corrected chi connectivity index (χ1v) is 10.7. The SMILES string of the molecule is CSC1COCN(C(=O)/C=C(\c2cccc(S(C)(=O)=O)c2)C(F)(F)F)C1. The number of allylic oxidation sites excluding steroid dienone is 1. The standard InChI is InChI=1S/C16H18F3NO4S2/c1-25-12-8-20(10-24-9-12)15(21)7-14(16(17,18)19)11-4-3-5-13(6-11)26(2,22)23/h3-7,12H,8-10H2,1-2H3/b14-7+. The fraction of sp³-hybridized carbons (Fsp3) is 0.438. The second-order valence-corrected chi connectivity index (χ2v) is 8.93. The molecular weight excluding hydrogens is 391 g/mol. The van der Waals surface area contributed by atoms with Gasteiger partial charge < -0.3 is 9.64 Å². The van der Waals surface area contributed by atoms with Gasteiger partial charge in [-0.15, -0.1) is 0 Å². The number of hydrogen-bond acceptors (Lipinski definition) is 5. The molecule has 1 aromatic rings. The number of ether oxygens (including phenoxy) is 1.